The third-order valence-corrected chi connectivity index (χ3v) is 3.29. The van der Waals surface area contributed by atoms with E-state index < -0.39 is 5.91 Å². The predicted molar refractivity (Wildman–Crippen MR) is 85.1 cm³/mol. The smallest absolute Gasteiger partial charge is 0.332 e. The molecule has 0 bridgehead atoms. The summed E-state index contributed by atoms with van der Waals surface area (Å²) in [5.41, 5.74) is 7.09. The number of carbonyl (C=O) groups excluding carboxylic acids is 2. The van der Waals surface area contributed by atoms with Crippen molar-refractivity contribution in [3.8, 4) is 0 Å². The highest BCUT2D eigenvalue weighted by Crippen LogP contribution is 2.17. The Kier molecular flexibility index (Phi) is 4.84. The van der Waals surface area contributed by atoms with E-state index in [2.05, 4.69) is 18.1 Å². The van der Waals surface area contributed by atoms with Crippen LogP contribution in [0.3, 0.4) is 0 Å². The summed E-state index contributed by atoms with van der Waals surface area (Å²) in [7, 11) is 0. The van der Waals surface area contributed by atoms with Gasteiger partial charge in [-0.1, -0.05) is 43.1 Å². The molecule has 0 heterocycles. The van der Waals surface area contributed by atoms with E-state index in [-0.39, 0.29) is 6.03 Å². The van der Waals surface area contributed by atoms with Gasteiger partial charge in [0.25, 0.3) is 0 Å². The van der Waals surface area contributed by atoms with E-state index in [4.69, 9.17) is 5.73 Å². The maximum atomic E-state index is 12.0. The van der Waals surface area contributed by atoms with Crippen LogP contribution in [0.1, 0.15) is 15.9 Å². The van der Waals surface area contributed by atoms with Gasteiger partial charge >= 0.3 is 6.03 Å². The highest BCUT2D eigenvalue weighted by Gasteiger charge is 2.12. The normalized spacial score (nSPS) is 9.95. The second-order valence-corrected chi connectivity index (χ2v) is 4.77. The van der Waals surface area contributed by atoms with Crippen molar-refractivity contribution >= 4 is 30.4 Å². The van der Waals surface area contributed by atoms with Crippen LogP contribution in [0.15, 0.2) is 54.6 Å². The molecule has 2 aromatic carbocycles. The van der Waals surface area contributed by atoms with Gasteiger partial charge in [0.2, 0.25) is 5.91 Å². The van der Waals surface area contributed by atoms with Crippen LogP contribution < -0.4 is 15.4 Å². The van der Waals surface area contributed by atoms with Crippen molar-refractivity contribution in [1.82, 2.24) is 5.32 Å². The van der Waals surface area contributed by atoms with Crippen molar-refractivity contribution in [2.24, 2.45) is 5.73 Å². The summed E-state index contributed by atoms with van der Waals surface area (Å²) >= 11 is 4.15. The minimum atomic E-state index is -0.513. The molecule has 0 saturated carbocycles. The molecule has 3 amide bonds. The molecule has 0 unspecified atom stereocenters. The zero-order valence-corrected chi connectivity index (χ0v) is 12.1. The van der Waals surface area contributed by atoms with Crippen molar-refractivity contribution in [3.05, 3.63) is 65.7 Å². The molecule has 0 saturated heterocycles. The number of amides is 3. The Morgan fingerprint density at radius 1 is 1.05 bits per heavy atom. The lowest BCUT2D eigenvalue weighted by molar-refractivity contribution is 0.100. The predicted octanol–water partition coefficient (Wildman–Crippen LogP) is 2.35. The van der Waals surface area contributed by atoms with E-state index >= 15 is 0 Å². The molecule has 0 aliphatic carbocycles. The topological polar surface area (TPSA) is 75.4 Å². The number of hydrogen-bond donors (Lipinski definition) is 3. The number of rotatable bonds is 4. The SMILES string of the molecule is NC(=O)c1ccc(N(S)C(=O)NCc2ccccc2)cc1. The van der Waals surface area contributed by atoms with Gasteiger partial charge in [-0.05, 0) is 29.8 Å². The maximum Gasteiger partial charge on any atom is 0.332 e. The molecule has 0 spiro atoms. The minimum Gasteiger partial charge on any atom is -0.366 e. The summed E-state index contributed by atoms with van der Waals surface area (Å²) in [6.45, 7) is 0.413. The zero-order chi connectivity index (χ0) is 15.2. The summed E-state index contributed by atoms with van der Waals surface area (Å²) < 4.78 is 1.17. The minimum absolute atomic E-state index is 0.353. The summed E-state index contributed by atoms with van der Waals surface area (Å²) in [5.74, 6) is -0.513. The lowest BCUT2D eigenvalue weighted by atomic mass is 10.2. The van der Waals surface area contributed by atoms with Gasteiger partial charge in [-0.2, -0.15) is 0 Å². The second kappa shape index (κ2) is 6.81. The summed E-state index contributed by atoms with van der Waals surface area (Å²) in [6.07, 6.45) is 0. The van der Waals surface area contributed by atoms with E-state index in [9.17, 15) is 9.59 Å². The van der Waals surface area contributed by atoms with Crippen molar-refractivity contribution in [2.45, 2.75) is 6.54 Å². The molecule has 0 fully saturated rings. The van der Waals surface area contributed by atoms with Crippen LogP contribution in [0, 0.1) is 0 Å². The monoisotopic (exact) mass is 301 g/mol. The highest BCUT2D eigenvalue weighted by atomic mass is 32.1. The van der Waals surface area contributed by atoms with Gasteiger partial charge in [0.1, 0.15) is 0 Å². The number of hydrogen-bond acceptors (Lipinski definition) is 3. The number of anilines is 1. The van der Waals surface area contributed by atoms with E-state index in [0.717, 1.165) is 5.56 Å². The van der Waals surface area contributed by atoms with Crippen LogP contribution in [-0.4, -0.2) is 11.9 Å². The number of benzene rings is 2. The number of carbonyl (C=O) groups is 2. The first-order chi connectivity index (χ1) is 10.1. The van der Waals surface area contributed by atoms with Crippen LogP contribution in [0.5, 0.6) is 0 Å². The van der Waals surface area contributed by atoms with Crippen LogP contribution in [-0.2, 0) is 6.54 Å². The fourth-order valence-electron chi connectivity index (χ4n) is 1.73. The number of thiol groups is 1. The van der Waals surface area contributed by atoms with Gasteiger partial charge in [-0.3, -0.25) is 4.79 Å². The average Bonchev–Trinajstić information content (AvgIpc) is 2.53. The molecule has 0 aliphatic rings. The van der Waals surface area contributed by atoms with Crippen molar-refractivity contribution in [2.75, 3.05) is 4.31 Å². The second-order valence-electron chi connectivity index (χ2n) is 4.37. The third kappa shape index (κ3) is 4.00. The zero-order valence-electron chi connectivity index (χ0n) is 11.2. The van der Waals surface area contributed by atoms with Gasteiger partial charge in [-0.15, -0.1) is 0 Å². The molecule has 6 heteroatoms. The van der Waals surface area contributed by atoms with Crippen LogP contribution in [0.4, 0.5) is 10.5 Å². The van der Waals surface area contributed by atoms with Crippen molar-refractivity contribution in [1.29, 1.82) is 0 Å². The molecule has 2 aromatic rings. The Labute approximate surface area is 128 Å². The lowest BCUT2D eigenvalue weighted by Gasteiger charge is -2.16. The standard InChI is InChI=1S/C15H15N3O2S/c16-14(19)12-6-8-13(9-7-12)18(21)15(20)17-10-11-4-2-1-3-5-11/h1-9,21H,10H2,(H2,16,19)(H,17,20). The largest absolute Gasteiger partial charge is 0.366 e. The Hall–Kier alpha value is -2.47. The molecular formula is C15H15N3O2S. The van der Waals surface area contributed by atoms with E-state index in [0.29, 0.717) is 17.8 Å². The number of urea groups is 1. The number of nitrogens with two attached hydrogens (primary N) is 1. The quantitative estimate of drug-likeness (QED) is 0.758. The Morgan fingerprint density at radius 2 is 1.67 bits per heavy atom. The van der Waals surface area contributed by atoms with Gasteiger partial charge in [0.05, 0.1) is 5.69 Å². The van der Waals surface area contributed by atoms with Crippen molar-refractivity contribution in [3.63, 3.8) is 0 Å². The van der Waals surface area contributed by atoms with E-state index in [1.54, 1.807) is 24.3 Å². The molecule has 5 nitrogen and oxygen atoms in total. The van der Waals surface area contributed by atoms with Gasteiger partial charge < -0.3 is 11.1 Å². The van der Waals surface area contributed by atoms with Gasteiger partial charge in [-0.25, -0.2) is 9.10 Å². The van der Waals surface area contributed by atoms with Crippen LogP contribution >= 0.6 is 12.8 Å². The van der Waals surface area contributed by atoms with Crippen LogP contribution in [0.25, 0.3) is 0 Å². The van der Waals surface area contributed by atoms with Gasteiger partial charge in [0.15, 0.2) is 0 Å². The number of nitrogens with one attached hydrogen (secondary N) is 1. The summed E-state index contributed by atoms with van der Waals surface area (Å²) in [6, 6.07) is 15.5. The first-order valence-electron chi connectivity index (χ1n) is 6.28. The number of nitrogens with zero attached hydrogens (tertiary/aromatic N) is 1. The fourth-order valence-corrected chi connectivity index (χ4v) is 1.94. The molecule has 3 N–H and O–H groups in total. The maximum absolute atomic E-state index is 12.0. The molecule has 0 atom stereocenters. The molecular weight excluding hydrogens is 286 g/mol. The average molecular weight is 301 g/mol. The first-order valence-corrected chi connectivity index (χ1v) is 6.68. The third-order valence-electron chi connectivity index (χ3n) is 2.88. The van der Waals surface area contributed by atoms with Gasteiger partial charge in [0, 0.05) is 12.1 Å². The Morgan fingerprint density at radius 3 is 2.24 bits per heavy atom. The fraction of sp³-hybridized carbons (Fsp3) is 0.0667. The molecule has 108 valence electrons. The van der Waals surface area contributed by atoms with E-state index in [1.165, 1.54) is 4.31 Å². The van der Waals surface area contributed by atoms with Crippen molar-refractivity contribution < 1.29 is 9.59 Å². The Bertz CT molecular complexity index is 629. The summed E-state index contributed by atoms with van der Waals surface area (Å²) in [4.78, 5) is 23.0. The Balaban J connectivity index is 1.97. The molecule has 2 rings (SSSR count). The molecule has 0 aromatic heterocycles. The molecule has 0 aliphatic heterocycles. The first kappa shape index (κ1) is 14.9. The van der Waals surface area contributed by atoms with E-state index in [1.807, 2.05) is 30.3 Å². The molecule has 21 heavy (non-hydrogen) atoms. The summed E-state index contributed by atoms with van der Waals surface area (Å²) in [5, 5.41) is 2.75. The number of primary amides is 1. The lowest BCUT2D eigenvalue weighted by Crippen LogP contribution is -2.33. The molecule has 0 radical (unpaired) electrons. The van der Waals surface area contributed by atoms with Crippen LogP contribution in [0.2, 0.25) is 0 Å². The highest BCUT2D eigenvalue weighted by molar-refractivity contribution is 7.82.